The van der Waals surface area contributed by atoms with Gasteiger partial charge in [-0.05, 0) is 18.1 Å². The van der Waals surface area contributed by atoms with Gasteiger partial charge in [-0.2, -0.15) is 0 Å². The van der Waals surface area contributed by atoms with Crippen molar-refractivity contribution in [3.8, 4) is 0 Å². The molecule has 0 saturated heterocycles. The zero-order chi connectivity index (χ0) is 12.3. The Labute approximate surface area is 111 Å². The highest BCUT2D eigenvalue weighted by atomic mass is 35.5. The number of benzene rings is 1. The highest BCUT2D eigenvalue weighted by Crippen LogP contribution is 2.17. The first kappa shape index (κ1) is 14.4. The molecule has 1 aromatic carbocycles. The molecular formula is C15H24ClN. The quantitative estimate of drug-likeness (QED) is 0.471. The van der Waals surface area contributed by atoms with Crippen LogP contribution in [0.25, 0.3) is 0 Å². The summed E-state index contributed by atoms with van der Waals surface area (Å²) in [6.07, 6.45) is 8.03. The second-order valence-corrected chi connectivity index (χ2v) is 4.75. The molecule has 1 rings (SSSR count). The van der Waals surface area contributed by atoms with Gasteiger partial charge in [-0.25, -0.2) is 0 Å². The van der Waals surface area contributed by atoms with Gasteiger partial charge >= 0.3 is 0 Å². The van der Waals surface area contributed by atoms with E-state index in [0.29, 0.717) is 5.88 Å². The standard InChI is InChI=1S/C15H24ClN/c1-2-3-4-5-6-9-12-17-15-11-8-7-10-14(15)13-16/h7-8,10-11,17H,2-6,9,12-13H2,1H3. The van der Waals surface area contributed by atoms with E-state index in [1.54, 1.807) is 0 Å². The molecular weight excluding hydrogens is 230 g/mol. The Kier molecular flexibility index (Phi) is 7.91. The molecule has 0 spiro atoms. The van der Waals surface area contributed by atoms with Gasteiger partial charge in [-0.3, -0.25) is 0 Å². The average Bonchev–Trinajstić information content (AvgIpc) is 2.38. The number of hydrogen-bond donors (Lipinski definition) is 1. The molecule has 0 atom stereocenters. The highest BCUT2D eigenvalue weighted by molar-refractivity contribution is 6.17. The van der Waals surface area contributed by atoms with Crippen molar-refractivity contribution in [2.75, 3.05) is 11.9 Å². The van der Waals surface area contributed by atoms with Crippen LogP contribution in [0.3, 0.4) is 0 Å². The molecule has 0 unspecified atom stereocenters. The molecule has 0 saturated carbocycles. The maximum Gasteiger partial charge on any atom is 0.0494 e. The maximum absolute atomic E-state index is 5.89. The number of nitrogens with one attached hydrogen (secondary N) is 1. The lowest BCUT2D eigenvalue weighted by atomic mass is 10.1. The first-order chi connectivity index (χ1) is 8.38. The molecule has 0 aliphatic heterocycles. The summed E-state index contributed by atoms with van der Waals surface area (Å²) in [6.45, 7) is 3.31. The number of alkyl halides is 1. The largest absolute Gasteiger partial charge is 0.385 e. The van der Waals surface area contributed by atoms with Crippen molar-refractivity contribution >= 4 is 17.3 Å². The van der Waals surface area contributed by atoms with Crippen molar-refractivity contribution in [3.05, 3.63) is 29.8 Å². The zero-order valence-electron chi connectivity index (χ0n) is 10.8. The number of unbranched alkanes of at least 4 members (excludes halogenated alkanes) is 5. The summed E-state index contributed by atoms with van der Waals surface area (Å²) in [7, 11) is 0. The third-order valence-corrected chi connectivity index (χ3v) is 3.30. The Morgan fingerprint density at radius 2 is 1.71 bits per heavy atom. The van der Waals surface area contributed by atoms with Gasteiger partial charge in [0.05, 0.1) is 0 Å². The van der Waals surface area contributed by atoms with Crippen LogP contribution in [0.2, 0.25) is 0 Å². The van der Waals surface area contributed by atoms with Crippen LogP contribution >= 0.6 is 11.6 Å². The van der Waals surface area contributed by atoms with Crippen molar-refractivity contribution in [2.24, 2.45) is 0 Å². The van der Waals surface area contributed by atoms with Crippen molar-refractivity contribution in [1.82, 2.24) is 0 Å². The molecule has 0 aromatic heterocycles. The molecule has 1 aromatic rings. The van der Waals surface area contributed by atoms with Crippen molar-refractivity contribution in [2.45, 2.75) is 51.3 Å². The van der Waals surface area contributed by atoms with Crippen LogP contribution in [0.5, 0.6) is 0 Å². The zero-order valence-corrected chi connectivity index (χ0v) is 11.6. The topological polar surface area (TPSA) is 12.0 Å². The summed E-state index contributed by atoms with van der Waals surface area (Å²) in [5.74, 6) is 0.583. The molecule has 0 fully saturated rings. The van der Waals surface area contributed by atoms with Crippen molar-refractivity contribution < 1.29 is 0 Å². The lowest BCUT2D eigenvalue weighted by Crippen LogP contribution is -2.03. The minimum Gasteiger partial charge on any atom is -0.385 e. The highest BCUT2D eigenvalue weighted by Gasteiger charge is 1.98. The number of halogens is 1. The predicted octanol–water partition coefficient (Wildman–Crippen LogP) is 5.20. The molecule has 1 nitrogen and oxygen atoms in total. The van der Waals surface area contributed by atoms with Crippen LogP contribution in [0.15, 0.2) is 24.3 Å². The van der Waals surface area contributed by atoms with Crippen molar-refractivity contribution in [1.29, 1.82) is 0 Å². The summed E-state index contributed by atoms with van der Waals surface area (Å²) >= 11 is 5.89. The minimum atomic E-state index is 0.583. The Bertz CT molecular complexity index is 299. The van der Waals surface area contributed by atoms with E-state index in [4.69, 9.17) is 11.6 Å². The van der Waals surface area contributed by atoms with E-state index in [9.17, 15) is 0 Å². The molecule has 2 heteroatoms. The Morgan fingerprint density at radius 1 is 1.00 bits per heavy atom. The summed E-state index contributed by atoms with van der Waals surface area (Å²) in [6, 6.07) is 8.28. The second kappa shape index (κ2) is 9.35. The van der Waals surface area contributed by atoms with Crippen LogP contribution in [0.1, 0.15) is 51.0 Å². The normalized spacial score (nSPS) is 10.5. The Balaban J connectivity index is 2.13. The van der Waals surface area contributed by atoms with Gasteiger partial charge in [-0.15, -0.1) is 11.6 Å². The van der Waals surface area contributed by atoms with E-state index < -0.39 is 0 Å². The lowest BCUT2D eigenvalue weighted by molar-refractivity contribution is 0.617. The van der Waals surface area contributed by atoms with Crippen LogP contribution in [0, 0.1) is 0 Å². The third kappa shape index (κ3) is 5.97. The fourth-order valence-electron chi connectivity index (χ4n) is 1.94. The summed E-state index contributed by atoms with van der Waals surface area (Å²) < 4.78 is 0. The maximum atomic E-state index is 5.89. The van der Waals surface area contributed by atoms with Crippen LogP contribution in [-0.4, -0.2) is 6.54 Å². The third-order valence-electron chi connectivity index (χ3n) is 3.01. The van der Waals surface area contributed by atoms with Crippen LogP contribution in [0.4, 0.5) is 5.69 Å². The molecule has 0 radical (unpaired) electrons. The fraction of sp³-hybridized carbons (Fsp3) is 0.600. The van der Waals surface area contributed by atoms with Gasteiger partial charge in [0.1, 0.15) is 0 Å². The molecule has 96 valence electrons. The monoisotopic (exact) mass is 253 g/mol. The number of hydrogen-bond acceptors (Lipinski definition) is 1. The summed E-state index contributed by atoms with van der Waals surface area (Å²) in [5, 5.41) is 3.47. The van der Waals surface area contributed by atoms with E-state index in [0.717, 1.165) is 6.54 Å². The van der Waals surface area contributed by atoms with Gasteiger partial charge in [0, 0.05) is 18.1 Å². The molecule has 1 N–H and O–H groups in total. The van der Waals surface area contributed by atoms with E-state index in [2.05, 4.69) is 30.4 Å². The average molecular weight is 254 g/mol. The van der Waals surface area contributed by atoms with E-state index in [1.807, 2.05) is 6.07 Å². The van der Waals surface area contributed by atoms with Gasteiger partial charge in [0.25, 0.3) is 0 Å². The second-order valence-electron chi connectivity index (χ2n) is 4.49. The number of rotatable bonds is 9. The fourth-order valence-corrected chi connectivity index (χ4v) is 2.17. The van der Waals surface area contributed by atoms with E-state index in [-0.39, 0.29) is 0 Å². The molecule has 0 bridgehead atoms. The first-order valence-electron chi connectivity index (χ1n) is 6.76. The Morgan fingerprint density at radius 3 is 2.47 bits per heavy atom. The minimum absolute atomic E-state index is 0.583. The van der Waals surface area contributed by atoms with Gasteiger partial charge < -0.3 is 5.32 Å². The van der Waals surface area contributed by atoms with Gasteiger partial charge in [0.15, 0.2) is 0 Å². The number of para-hydroxylation sites is 1. The predicted molar refractivity (Wildman–Crippen MR) is 77.9 cm³/mol. The summed E-state index contributed by atoms with van der Waals surface area (Å²) in [4.78, 5) is 0. The van der Waals surface area contributed by atoms with Gasteiger partial charge in [-0.1, -0.05) is 57.2 Å². The first-order valence-corrected chi connectivity index (χ1v) is 7.29. The SMILES string of the molecule is CCCCCCCCNc1ccccc1CCl. The molecule has 17 heavy (non-hydrogen) atoms. The lowest BCUT2D eigenvalue weighted by Gasteiger charge is -2.09. The van der Waals surface area contributed by atoms with E-state index in [1.165, 1.54) is 49.8 Å². The smallest absolute Gasteiger partial charge is 0.0494 e. The molecule has 0 heterocycles. The van der Waals surface area contributed by atoms with Crippen LogP contribution in [-0.2, 0) is 5.88 Å². The summed E-state index contributed by atoms with van der Waals surface area (Å²) in [5.41, 5.74) is 2.39. The molecule has 0 aliphatic carbocycles. The molecule has 0 aliphatic rings. The van der Waals surface area contributed by atoms with Gasteiger partial charge in [0.2, 0.25) is 0 Å². The van der Waals surface area contributed by atoms with E-state index >= 15 is 0 Å². The molecule has 0 amide bonds. The van der Waals surface area contributed by atoms with Crippen LogP contribution < -0.4 is 5.32 Å². The van der Waals surface area contributed by atoms with Crippen molar-refractivity contribution in [3.63, 3.8) is 0 Å². The number of anilines is 1. The Hall–Kier alpha value is -0.690.